The number of carboxylic acid groups (broad SMARTS) is 1. The monoisotopic (exact) mass is 280 g/mol. The van der Waals surface area contributed by atoms with E-state index in [1.807, 2.05) is 12.1 Å². The quantitative estimate of drug-likeness (QED) is 0.932. The number of carboxylic acids is 1. The number of aromatic carboxylic acids is 1. The molecule has 0 spiro atoms. The van der Waals surface area contributed by atoms with E-state index in [0.717, 1.165) is 0 Å². The van der Waals surface area contributed by atoms with Crippen molar-refractivity contribution in [3.05, 3.63) is 59.2 Å². The molecule has 0 aromatic heterocycles. The normalized spacial score (nSPS) is 9.50. The van der Waals surface area contributed by atoms with Crippen molar-refractivity contribution in [1.29, 1.82) is 10.5 Å². The Morgan fingerprint density at radius 3 is 2.40 bits per heavy atom. The van der Waals surface area contributed by atoms with E-state index in [9.17, 15) is 4.79 Å². The van der Waals surface area contributed by atoms with Crippen LogP contribution in [0.2, 0.25) is 0 Å². The van der Waals surface area contributed by atoms with Gasteiger partial charge in [0.15, 0.2) is 0 Å². The predicted molar refractivity (Wildman–Crippen MR) is 73.4 cm³/mol. The first kappa shape index (κ1) is 13.7. The van der Waals surface area contributed by atoms with Crippen LogP contribution in [-0.2, 0) is 0 Å². The van der Waals surface area contributed by atoms with E-state index in [1.165, 1.54) is 17.8 Å². The molecule has 0 aliphatic rings. The summed E-state index contributed by atoms with van der Waals surface area (Å²) in [5, 5.41) is 27.0. The highest BCUT2D eigenvalue weighted by atomic mass is 32.2. The van der Waals surface area contributed by atoms with Gasteiger partial charge in [0.25, 0.3) is 0 Å². The lowest BCUT2D eigenvalue weighted by Crippen LogP contribution is -1.98. The Labute approximate surface area is 119 Å². The van der Waals surface area contributed by atoms with Gasteiger partial charge in [-0.05, 0) is 30.3 Å². The molecule has 0 saturated heterocycles. The Kier molecular flexibility index (Phi) is 4.05. The summed E-state index contributed by atoms with van der Waals surface area (Å²) in [5.41, 5.74) is 0.800. The van der Waals surface area contributed by atoms with Crippen LogP contribution in [0.15, 0.2) is 52.3 Å². The third-order valence-electron chi connectivity index (χ3n) is 2.58. The summed E-state index contributed by atoms with van der Waals surface area (Å²) in [4.78, 5) is 12.4. The number of hydrogen-bond acceptors (Lipinski definition) is 4. The molecule has 0 atom stereocenters. The second-order valence-electron chi connectivity index (χ2n) is 3.83. The summed E-state index contributed by atoms with van der Waals surface area (Å²) in [6.07, 6.45) is 0. The molecule has 2 rings (SSSR count). The minimum atomic E-state index is -0.998. The maximum Gasteiger partial charge on any atom is 0.336 e. The Balaban J connectivity index is 2.39. The molecule has 0 aliphatic heterocycles. The zero-order valence-electron chi connectivity index (χ0n) is 10.2. The van der Waals surface area contributed by atoms with Crippen LogP contribution in [0.4, 0.5) is 0 Å². The Bertz CT molecular complexity index is 757. The van der Waals surface area contributed by atoms with Crippen molar-refractivity contribution in [3.8, 4) is 12.1 Å². The summed E-state index contributed by atoms with van der Waals surface area (Å²) in [6.45, 7) is 0. The smallest absolute Gasteiger partial charge is 0.336 e. The minimum absolute atomic E-state index is 0.209. The third kappa shape index (κ3) is 2.80. The van der Waals surface area contributed by atoms with Crippen LogP contribution in [0.3, 0.4) is 0 Å². The summed E-state index contributed by atoms with van der Waals surface area (Å²) in [7, 11) is 0. The van der Waals surface area contributed by atoms with Gasteiger partial charge in [-0.3, -0.25) is 0 Å². The summed E-state index contributed by atoms with van der Waals surface area (Å²) in [5.74, 6) is -0.998. The topological polar surface area (TPSA) is 84.9 Å². The molecule has 20 heavy (non-hydrogen) atoms. The van der Waals surface area contributed by atoms with Crippen molar-refractivity contribution in [3.63, 3.8) is 0 Å². The molecule has 1 N–H and O–H groups in total. The second-order valence-corrected chi connectivity index (χ2v) is 4.95. The van der Waals surface area contributed by atoms with E-state index < -0.39 is 5.97 Å². The van der Waals surface area contributed by atoms with E-state index in [1.54, 1.807) is 36.4 Å². The van der Waals surface area contributed by atoms with Crippen molar-refractivity contribution in [2.45, 2.75) is 9.79 Å². The number of benzene rings is 2. The minimum Gasteiger partial charge on any atom is -0.478 e. The summed E-state index contributed by atoms with van der Waals surface area (Å²) in [6, 6.07) is 15.4. The third-order valence-corrected chi connectivity index (χ3v) is 3.64. The fraction of sp³-hybridized carbons (Fsp3) is 0. The first-order valence-electron chi connectivity index (χ1n) is 5.60. The highest BCUT2D eigenvalue weighted by Crippen LogP contribution is 2.31. The van der Waals surface area contributed by atoms with Crippen molar-refractivity contribution >= 4 is 17.7 Å². The van der Waals surface area contributed by atoms with Gasteiger partial charge in [0.1, 0.15) is 12.1 Å². The molecular weight excluding hydrogens is 272 g/mol. The van der Waals surface area contributed by atoms with Crippen LogP contribution in [0.1, 0.15) is 21.5 Å². The van der Waals surface area contributed by atoms with Crippen LogP contribution < -0.4 is 0 Å². The van der Waals surface area contributed by atoms with Gasteiger partial charge in [-0.1, -0.05) is 23.9 Å². The predicted octanol–water partition coefficient (Wildman–Crippen LogP) is 3.28. The van der Waals surface area contributed by atoms with Crippen molar-refractivity contribution < 1.29 is 9.90 Å². The van der Waals surface area contributed by atoms with Gasteiger partial charge >= 0.3 is 5.97 Å². The van der Waals surface area contributed by atoms with Gasteiger partial charge in [0.2, 0.25) is 0 Å². The lowest BCUT2D eigenvalue weighted by molar-refractivity contribution is 0.0693. The van der Waals surface area contributed by atoms with Gasteiger partial charge in [0.05, 0.1) is 16.7 Å². The van der Waals surface area contributed by atoms with Crippen molar-refractivity contribution in [2.75, 3.05) is 0 Å². The SMILES string of the molecule is N#Cc1ccc(Sc2ccccc2C(=O)O)cc1C#N. The number of hydrogen-bond donors (Lipinski definition) is 1. The van der Waals surface area contributed by atoms with Gasteiger partial charge in [-0.2, -0.15) is 10.5 Å². The molecule has 0 amide bonds. The number of carbonyl (C=O) groups is 1. The van der Waals surface area contributed by atoms with E-state index in [0.29, 0.717) is 15.4 Å². The highest BCUT2D eigenvalue weighted by molar-refractivity contribution is 7.99. The van der Waals surface area contributed by atoms with E-state index >= 15 is 0 Å². The van der Waals surface area contributed by atoms with Crippen LogP contribution in [0.5, 0.6) is 0 Å². The fourth-order valence-corrected chi connectivity index (χ4v) is 2.61. The number of nitrogens with zero attached hydrogens (tertiary/aromatic N) is 2. The summed E-state index contributed by atoms with van der Waals surface area (Å²) >= 11 is 1.25. The highest BCUT2D eigenvalue weighted by Gasteiger charge is 2.11. The summed E-state index contributed by atoms with van der Waals surface area (Å²) < 4.78 is 0. The standard InChI is InChI=1S/C15H8N2O2S/c16-8-10-5-6-12(7-11(10)9-17)20-14-4-2-1-3-13(14)15(18)19/h1-7H,(H,18,19). The average Bonchev–Trinajstić information content (AvgIpc) is 2.47. The zero-order chi connectivity index (χ0) is 14.5. The van der Waals surface area contributed by atoms with Crippen LogP contribution in [0.25, 0.3) is 0 Å². The molecule has 0 heterocycles. The molecule has 2 aromatic rings. The molecule has 5 heteroatoms. The molecule has 96 valence electrons. The molecule has 0 bridgehead atoms. The molecule has 4 nitrogen and oxygen atoms in total. The molecule has 0 fully saturated rings. The molecule has 0 aliphatic carbocycles. The van der Waals surface area contributed by atoms with Crippen LogP contribution in [0, 0.1) is 22.7 Å². The van der Waals surface area contributed by atoms with Gasteiger partial charge in [-0.25, -0.2) is 4.79 Å². The van der Waals surface area contributed by atoms with Gasteiger partial charge in [-0.15, -0.1) is 0 Å². The molecule has 0 saturated carbocycles. The number of rotatable bonds is 3. The number of nitriles is 2. The first-order valence-corrected chi connectivity index (χ1v) is 6.42. The molecular formula is C15H8N2O2S. The van der Waals surface area contributed by atoms with E-state index in [4.69, 9.17) is 15.6 Å². The Morgan fingerprint density at radius 2 is 1.75 bits per heavy atom. The fourth-order valence-electron chi connectivity index (χ4n) is 1.64. The second kappa shape index (κ2) is 5.92. The molecule has 0 unspecified atom stereocenters. The van der Waals surface area contributed by atoms with E-state index in [2.05, 4.69) is 0 Å². The van der Waals surface area contributed by atoms with Crippen LogP contribution in [-0.4, -0.2) is 11.1 Å². The average molecular weight is 280 g/mol. The van der Waals surface area contributed by atoms with E-state index in [-0.39, 0.29) is 11.1 Å². The first-order chi connectivity index (χ1) is 9.65. The maximum absolute atomic E-state index is 11.1. The molecule has 0 radical (unpaired) electrons. The Hall–Kier alpha value is -2.76. The van der Waals surface area contributed by atoms with Crippen molar-refractivity contribution in [2.24, 2.45) is 0 Å². The van der Waals surface area contributed by atoms with Crippen molar-refractivity contribution in [1.82, 2.24) is 0 Å². The molecule has 2 aromatic carbocycles. The lowest BCUT2D eigenvalue weighted by atomic mass is 10.1. The van der Waals surface area contributed by atoms with Gasteiger partial charge in [0, 0.05) is 9.79 Å². The zero-order valence-corrected chi connectivity index (χ0v) is 11.0. The lowest BCUT2D eigenvalue weighted by Gasteiger charge is -2.06. The maximum atomic E-state index is 11.1. The van der Waals surface area contributed by atoms with Gasteiger partial charge < -0.3 is 5.11 Å². The van der Waals surface area contributed by atoms with Crippen LogP contribution >= 0.6 is 11.8 Å². The Morgan fingerprint density at radius 1 is 1.05 bits per heavy atom. The largest absolute Gasteiger partial charge is 0.478 e.